The van der Waals surface area contributed by atoms with Crippen molar-refractivity contribution in [2.75, 3.05) is 31.8 Å². The number of halogens is 2. The Labute approximate surface area is 206 Å². The van der Waals surface area contributed by atoms with Crippen LogP contribution in [0.2, 0.25) is 0 Å². The summed E-state index contributed by atoms with van der Waals surface area (Å²) in [5.74, 6) is 0. The molecule has 4 heterocycles. The van der Waals surface area contributed by atoms with Crippen LogP contribution in [-0.4, -0.2) is 72.6 Å². The summed E-state index contributed by atoms with van der Waals surface area (Å²) >= 11 is 0.748. The maximum Gasteiger partial charge on any atom is 0.291 e. The van der Waals surface area contributed by atoms with Crippen LogP contribution in [-0.2, 0) is 19.5 Å². The van der Waals surface area contributed by atoms with Crippen molar-refractivity contribution in [3.05, 3.63) is 23.5 Å². The predicted molar refractivity (Wildman–Crippen MR) is 128 cm³/mol. The minimum atomic E-state index is -3.87. The Kier molecular flexibility index (Phi) is 6.28. The summed E-state index contributed by atoms with van der Waals surface area (Å²) in [5.41, 5.74) is 0.994. The van der Waals surface area contributed by atoms with Gasteiger partial charge in [-0.1, -0.05) is 11.3 Å². The number of rotatable bonds is 8. The van der Waals surface area contributed by atoms with Gasteiger partial charge in [-0.3, -0.25) is 4.40 Å². The van der Waals surface area contributed by atoms with Gasteiger partial charge in [0.1, 0.15) is 10.6 Å². The van der Waals surface area contributed by atoms with Crippen LogP contribution in [0.25, 0.3) is 16.3 Å². The Morgan fingerprint density at radius 3 is 2.83 bits per heavy atom. The van der Waals surface area contributed by atoms with E-state index in [-0.39, 0.29) is 23.5 Å². The van der Waals surface area contributed by atoms with E-state index in [9.17, 15) is 17.2 Å². The summed E-state index contributed by atoms with van der Waals surface area (Å²) in [6, 6.07) is 1.54. The lowest BCUT2D eigenvalue weighted by molar-refractivity contribution is -0.0221. The lowest BCUT2D eigenvalue weighted by atomic mass is 10.1. The largest absolute Gasteiger partial charge is 0.382 e. The number of ether oxygens (including phenoxy) is 2. The number of pyridine rings is 1. The average molecular weight is 531 g/mol. The molecular weight excluding hydrogens is 502 g/mol. The Morgan fingerprint density at radius 2 is 2.17 bits per heavy atom. The van der Waals surface area contributed by atoms with Gasteiger partial charge in [-0.25, -0.2) is 26.9 Å². The fourth-order valence-corrected chi connectivity index (χ4v) is 6.29. The molecule has 14 heteroatoms. The van der Waals surface area contributed by atoms with E-state index in [2.05, 4.69) is 19.9 Å². The molecule has 1 saturated heterocycles. The van der Waals surface area contributed by atoms with E-state index >= 15 is 0 Å². The highest BCUT2D eigenvalue weighted by Crippen LogP contribution is 2.38. The van der Waals surface area contributed by atoms with Crippen molar-refractivity contribution in [1.82, 2.24) is 24.3 Å². The summed E-state index contributed by atoms with van der Waals surface area (Å²) < 4.78 is 68.4. The number of fused-ring (bicyclic) bond motifs is 1. The summed E-state index contributed by atoms with van der Waals surface area (Å²) in [6.45, 7) is 5.12. The molecule has 1 saturated carbocycles. The van der Waals surface area contributed by atoms with Crippen LogP contribution in [0.15, 0.2) is 23.4 Å². The molecule has 0 spiro atoms. The lowest BCUT2D eigenvalue weighted by Gasteiger charge is -2.39. The van der Waals surface area contributed by atoms with Crippen LogP contribution in [0, 0.1) is 0 Å². The first-order valence-electron chi connectivity index (χ1n) is 11.1. The van der Waals surface area contributed by atoms with Crippen LogP contribution in [0.5, 0.6) is 0 Å². The molecule has 0 radical (unpaired) electrons. The molecule has 192 valence electrons. The van der Waals surface area contributed by atoms with E-state index in [1.54, 1.807) is 17.6 Å². The molecular formula is C21H28F2N6O4S2. The van der Waals surface area contributed by atoms with Gasteiger partial charge in [-0.2, -0.15) is 0 Å². The molecule has 2 fully saturated rings. The third kappa shape index (κ3) is 4.77. The first-order chi connectivity index (χ1) is 16.6. The van der Waals surface area contributed by atoms with Crippen molar-refractivity contribution >= 4 is 32.7 Å². The highest BCUT2D eigenvalue weighted by Gasteiger charge is 2.42. The summed E-state index contributed by atoms with van der Waals surface area (Å²) in [7, 11) is -2.27. The fourth-order valence-electron chi connectivity index (χ4n) is 4.10. The van der Waals surface area contributed by atoms with Gasteiger partial charge in [0.15, 0.2) is 15.7 Å². The predicted octanol–water partition coefficient (Wildman–Crippen LogP) is 3.11. The molecule has 35 heavy (non-hydrogen) atoms. The number of nitrogens with one attached hydrogen (secondary N) is 1. The van der Waals surface area contributed by atoms with Crippen molar-refractivity contribution in [3.8, 4) is 10.7 Å². The zero-order valence-electron chi connectivity index (χ0n) is 19.4. The molecule has 1 aliphatic carbocycles. The molecule has 5 rings (SSSR count). The minimum Gasteiger partial charge on any atom is -0.382 e. The second kappa shape index (κ2) is 9.00. The van der Waals surface area contributed by atoms with Gasteiger partial charge in [-0.05, 0) is 32.8 Å². The molecule has 0 unspecified atom stereocenters. The lowest BCUT2D eigenvalue weighted by Crippen LogP contribution is -2.50. The minimum absolute atomic E-state index is 0. The number of hydrogen-bond donors (Lipinski definition) is 1. The van der Waals surface area contributed by atoms with Crippen molar-refractivity contribution in [3.63, 3.8) is 0 Å². The summed E-state index contributed by atoms with van der Waals surface area (Å²) in [4.78, 5) is 6.62. The van der Waals surface area contributed by atoms with Crippen LogP contribution >= 0.6 is 11.3 Å². The van der Waals surface area contributed by atoms with Crippen LogP contribution in [0.4, 0.5) is 14.5 Å². The van der Waals surface area contributed by atoms with Crippen LogP contribution < -0.4 is 9.62 Å². The van der Waals surface area contributed by atoms with Gasteiger partial charge in [0, 0.05) is 32.9 Å². The number of alkyl halides is 2. The standard InChI is InChI=1S/C21H26F2N6O4S2.H2/c1-12-10-33-13(11-32-3)8-28(12)15-6-14(35(30,31)27-21(2)4-5-21)9-29-16(7-24-18(15)29)19-25-26-20(34-19)17(22)23;/h6-7,9,12-13,17,27H,4-5,8,10-11H2,1-3H3;1H/t12-,13+;/m0./s1. The van der Waals surface area contributed by atoms with Crippen molar-refractivity contribution in [2.24, 2.45) is 0 Å². The highest BCUT2D eigenvalue weighted by molar-refractivity contribution is 7.89. The maximum absolute atomic E-state index is 13.3. The topological polar surface area (TPSA) is 111 Å². The van der Waals surface area contributed by atoms with E-state index in [1.807, 2.05) is 18.7 Å². The average Bonchev–Trinajstić information content (AvgIpc) is 3.18. The molecule has 1 N–H and O–H groups in total. The molecule has 3 aromatic rings. The first-order valence-corrected chi connectivity index (χ1v) is 13.4. The van der Waals surface area contributed by atoms with Crippen molar-refractivity contribution in [1.29, 1.82) is 0 Å². The van der Waals surface area contributed by atoms with Gasteiger partial charge in [-0.15, -0.1) is 10.2 Å². The van der Waals surface area contributed by atoms with Gasteiger partial charge >= 0.3 is 0 Å². The number of imidazole rings is 1. The molecule has 0 amide bonds. The first kappa shape index (κ1) is 24.4. The third-order valence-electron chi connectivity index (χ3n) is 6.27. The van der Waals surface area contributed by atoms with Crippen LogP contribution in [0.1, 0.15) is 39.5 Å². The Bertz CT molecular complexity index is 1350. The summed E-state index contributed by atoms with van der Waals surface area (Å²) in [6.07, 6.45) is 1.53. The van der Waals surface area contributed by atoms with Crippen LogP contribution in [0.3, 0.4) is 0 Å². The maximum atomic E-state index is 13.3. The normalized spacial score (nSPS) is 22.3. The Hall–Kier alpha value is -2.26. The number of aromatic nitrogens is 4. The third-order valence-corrected chi connectivity index (χ3v) is 8.82. The molecule has 0 aromatic carbocycles. The zero-order chi connectivity index (χ0) is 25.0. The van der Waals surface area contributed by atoms with E-state index in [4.69, 9.17) is 9.47 Å². The second-order valence-electron chi connectivity index (χ2n) is 9.22. The number of hydrogen-bond acceptors (Lipinski definition) is 9. The molecule has 0 bridgehead atoms. The molecule has 2 atom stereocenters. The molecule has 3 aromatic heterocycles. The molecule has 1 aliphatic heterocycles. The van der Waals surface area contributed by atoms with Crippen molar-refractivity contribution in [2.45, 2.75) is 55.7 Å². The number of morpholine rings is 1. The van der Waals surface area contributed by atoms with Gasteiger partial charge < -0.3 is 14.4 Å². The zero-order valence-corrected chi connectivity index (χ0v) is 21.1. The Balaban J connectivity index is 0.00000304. The monoisotopic (exact) mass is 530 g/mol. The SMILES string of the molecule is COC[C@H]1CN(c2cc(S(=O)(=O)NC3(C)CC3)cn3c(-c4nnc(C(F)F)s4)cnc23)[C@@H](C)CO1.[HH]. The number of sulfonamides is 1. The smallest absolute Gasteiger partial charge is 0.291 e. The molecule has 2 aliphatic rings. The summed E-state index contributed by atoms with van der Waals surface area (Å²) in [5, 5.41) is 7.28. The number of methoxy groups -OCH3 is 1. The number of anilines is 1. The molecule has 10 nitrogen and oxygen atoms in total. The Morgan fingerprint density at radius 1 is 1.40 bits per heavy atom. The van der Waals surface area contributed by atoms with E-state index in [0.717, 1.165) is 24.2 Å². The fraction of sp³-hybridized carbons (Fsp3) is 0.571. The van der Waals surface area contributed by atoms with E-state index < -0.39 is 27.0 Å². The quantitative estimate of drug-likeness (QED) is 0.473. The van der Waals surface area contributed by atoms with Crippen molar-refractivity contribution < 1.29 is 28.1 Å². The second-order valence-corrected chi connectivity index (χ2v) is 11.9. The van der Waals surface area contributed by atoms with E-state index in [1.165, 1.54) is 12.4 Å². The van der Waals surface area contributed by atoms with Gasteiger partial charge in [0.25, 0.3) is 6.43 Å². The van der Waals surface area contributed by atoms with Gasteiger partial charge in [0.2, 0.25) is 10.0 Å². The highest BCUT2D eigenvalue weighted by atomic mass is 32.2. The number of nitrogens with zero attached hydrogens (tertiary/aromatic N) is 5. The van der Waals surface area contributed by atoms with E-state index in [0.29, 0.717) is 36.8 Å². The van der Waals surface area contributed by atoms with Gasteiger partial charge in [0.05, 0.1) is 31.2 Å².